The number of halogens is 3. The minimum atomic E-state index is -4.74. The Morgan fingerprint density at radius 2 is 2.25 bits per heavy atom. The van der Waals surface area contributed by atoms with Crippen molar-refractivity contribution in [3.8, 4) is 0 Å². The van der Waals surface area contributed by atoms with Gasteiger partial charge in [-0.15, -0.1) is 0 Å². The maximum atomic E-state index is 12.6. The number of aromatic nitrogens is 2. The van der Waals surface area contributed by atoms with E-state index >= 15 is 0 Å². The molecule has 0 radical (unpaired) electrons. The van der Waals surface area contributed by atoms with Crippen molar-refractivity contribution in [2.24, 2.45) is 5.92 Å². The summed E-state index contributed by atoms with van der Waals surface area (Å²) >= 11 is 0. The van der Waals surface area contributed by atoms with E-state index < -0.39 is 23.3 Å². The molecule has 1 aromatic rings. The fraction of sp³-hybridized carbons (Fsp3) is 0.545. The lowest BCUT2D eigenvalue weighted by molar-refractivity contribution is -0.139. The molecule has 1 aliphatic heterocycles. The Morgan fingerprint density at radius 3 is 2.85 bits per heavy atom. The third-order valence-electron chi connectivity index (χ3n) is 3.17. The normalized spacial score (nSPS) is 19.4. The predicted molar refractivity (Wildman–Crippen MR) is 62.4 cm³/mol. The lowest BCUT2D eigenvalue weighted by Crippen LogP contribution is -2.27. The third-order valence-corrected chi connectivity index (χ3v) is 3.17. The topological polar surface area (TPSA) is 86.3 Å². The lowest BCUT2D eigenvalue weighted by Gasteiger charge is -2.17. The maximum Gasteiger partial charge on any atom is 0.421 e. The number of hydrogen-bond acceptors (Lipinski definition) is 4. The number of anilines is 1. The number of carboxylic acid groups (broad SMARTS) is 1. The molecule has 110 valence electrons. The van der Waals surface area contributed by atoms with Gasteiger partial charge in [0.25, 0.3) is 5.56 Å². The van der Waals surface area contributed by atoms with E-state index in [1.807, 2.05) is 5.10 Å². The van der Waals surface area contributed by atoms with Crippen LogP contribution in [0.2, 0.25) is 0 Å². The van der Waals surface area contributed by atoms with Gasteiger partial charge in [0.15, 0.2) is 0 Å². The van der Waals surface area contributed by atoms with Crippen LogP contribution in [0.5, 0.6) is 0 Å². The molecule has 0 bridgehead atoms. The highest BCUT2D eigenvalue weighted by atomic mass is 19.4. The van der Waals surface area contributed by atoms with E-state index in [2.05, 4.69) is 5.10 Å². The van der Waals surface area contributed by atoms with Crippen LogP contribution in [0.3, 0.4) is 0 Å². The molecule has 6 nitrogen and oxygen atoms in total. The molecular weight excluding hydrogens is 279 g/mol. The van der Waals surface area contributed by atoms with E-state index in [4.69, 9.17) is 5.11 Å². The summed E-state index contributed by atoms with van der Waals surface area (Å²) in [5.74, 6) is -1.07. The molecule has 0 spiro atoms. The van der Waals surface area contributed by atoms with Crippen molar-refractivity contribution in [1.82, 2.24) is 10.2 Å². The molecule has 1 fully saturated rings. The monoisotopic (exact) mass is 291 g/mol. The number of carbonyl (C=O) groups is 1. The average Bonchev–Trinajstić information content (AvgIpc) is 2.75. The SMILES string of the molecule is O=C(O)C[C@@H]1CCN(c2cc(C(F)(F)F)c(=O)[nH]n2)C1. The first-order valence-electron chi connectivity index (χ1n) is 5.91. The van der Waals surface area contributed by atoms with Crippen LogP contribution in [0.1, 0.15) is 18.4 Å². The second-order valence-corrected chi connectivity index (χ2v) is 4.67. The van der Waals surface area contributed by atoms with Gasteiger partial charge in [-0.2, -0.15) is 18.3 Å². The second-order valence-electron chi connectivity index (χ2n) is 4.67. The van der Waals surface area contributed by atoms with Crippen molar-refractivity contribution in [1.29, 1.82) is 0 Å². The lowest BCUT2D eigenvalue weighted by atomic mass is 10.1. The standard InChI is InChI=1S/C11H12F3N3O3/c12-11(13,14)7-4-8(15-16-10(7)20)17-2-1-6(5-17)3-9(18)19/h4,6H,1-3,5H2,(H,16,20)(H,18,19)/t6-/m0/s1. The summed E-state index contributed by atoms with van der Waals surface area (Å²) in [4.78, 5) is 23.2. The van der Waals surface area contributed by atoms with Crippen LogP contribution in [-0.2, 0) is 11.0 Å². The molecule has 20 heavy (non-hydrogen) atoms. The van der Waals surface area contributed by atoms with E-state index in [0.717, 1.165) is 0 Å². The third kappa shape index (κ3) is 3.09. The van der Waals surface area contributed by atoms with Gasteiger partial charge in [-0.1, -0.05) is 0 Å². The Balaban J connectivity index is 2.19. The number of H-pyrrole nitrogens is 1. The highest BCUT2D eigenvalue weighted by Gasteiger charge is 2.35. The van der Waals surface area contributed by atoms with Crippen LogP contribution in [0, 0.1) is 5.92 Å². The molecule has 1 atom stereocenters. The number of carboxylic acids is 1. The van der Waals surface area contributed by atoms with E-state index in [9.17, 15) is 22.8 Å². The van der Waals surface area contributed by atoms with Crippen molar-refractivity contribution < 1.29 is 23.1 Å². The first-order valence-corrected chi connectivity index (χ1v) is 5.91. The number of aromatic amines is 1. The molecule has 1 saturated heterocycles. The number of nitrogens with zero attached hydrogens (tertiary/aromatic N) is 2. The number of nitrogens with one attached hydrogen (secondary N) is 1. The van der Waals surface area contributed by atoms with Gasteiger partial charge < -0.3 is 10.0 Å². The van der Waals surface area contributed by atoms with Crippen molar-refractivity contribution in [3.63, 3.8) is 0 Å². The average molecular weight is 291 g/mol. The van der Waals surface area contributed by atoms with Crippen molar-refractivity contribution in [3.05, 3.63) is 22.0 Å². The zero-order chi connectivity index (χ0) is 14.9. The van der Waals surface area contributed by atoms with Gasteiger partial charge in [-0.25, -0.2) is 5.10 Å². The fourth-order valence-corrected chi connectivity index (χ4v) is 2.22. The summed E-state index contributed by atoms with van der Waals surface area (Å²) < 4.78 is 37.9. The molecule has 1 aromatic heterocycles. The predicted octanol–water partition coefficient (Wildman–Crippen LogP) is 1.09. The zero-order valence-electron chi connectivity index (χ0n) is 10.3. The number of alkyl halides is 3. The van der Waals surface area contributed by atoms with Crippen LogP contribution < -0.4 is 10.5 Å². The molecule has 0 unspecified atom stereocenters. The summed E-state index contributed by atoms with van der Waals surface area (Å²) in [6, 6.07) is 0.696. The highest BCUT2D eigenvalue weighted by molar-refractivity contribution is 5.67. The Morgan fingerprint density at radius 1 is 1.55 bits per heavy atom. The van der Waals surface area contributed by atoms with Crippen molar-refractivity contribution in [2.75, 3.05) is 18.0 Å². The van der Waals surface area contributed by atoms with E-state index in [0.29, 0.717) is 25.6 Å². The van der Waals surface area contributed by atoms with Gasteiger partial charge in [-0.3, -0.25) is 9.59 Å². The largest absolute Gasteiger partial charge is 0.481 e. The van der Waals surface area contributed by atoms with Crippen LogP contribution in [0.4, 0.5) is 19.0 Å². The minimum Gasteiger partial charge on any atom is -0.481 e. The first kappa shape index (κ1) is 14.4. The second kappa shape index (κ2) is 5.14. The van der Waals surface area contributed by atoms with E-state index in [1.165, 1.54) is 0 Å². The Kier molecular flexibility index (Phi) is 3.69. The first-order chi connectivity index (χ1) is 9.27. The van der Waals surface area contributed by atoms with Gasteiger partial charge in [0.05, 0.1) is 0 Å². The minimum absolute atomic E-state index is 0.00446. The quantitative estimate of drug-likeness (QED) is 0.870. The molecule has 2 heterocycles. The summed E-state index contributed by atoms with van der Waals surface area (Å²) in [6.07, 6.45) is -4.22. The Labute approximate surface area is 111 Å². The zero-order valence-corrected chi connectivity index (χ0v) is 10.3. The van der Waals surface area contributed by atoms with Crippen LogP contribution in [0.15, 0.2) is 10.9 Å². The summed E-state index contributed by atoms with van der Waals surface area (Å²) in [6.45, 7) is 0.719. The molecule has 9 heteroatoms. The van der Waals surface area contributed by atoms with Crippen molar-refractivity contribution in [2.45, 2.75) is 19.0 Å². The molecule has 0 aliphatic carbocycles. The van der Waals surface area contributed by atoms with Gasteiger partial charge in [-0.05, 0) is 12.3 Å². The molecule has 0 amide bonds. The highest BCUT2D eigenvalue weighted by Crippen LogP contribution is 2.29. The van der Waals surface area contributed by atoms with Gasteiger partial charge in [0, 0.05) is 25.6 Å². The Bertz CT molecular complexity index is 570. The molecule has 1 aliphatic rings. The summed E-state index contributed by atoms with van der Waals surface area (Å²) in [5, 5.41) is 14.1. The molecule has 0 aromatic carbocycles. The number of aliphatic carboxylic acids is 1. The fourth-order valence-electron chi connectivity index (χ4n) is 2.22. The Hall–Kier alpha value is -2.06. The van der Waals surface area contributed by atoms with Crippen LogP contribution in [0.25, 0.3) is 0 Å². The molecule has 2 N–H and O–H groups in total. The number of rotatable bonds is 3. The number of hydrogen-bond donors (Lipinski definition) is 2. The molecule has 2 rings (SSSR count). The molecular formula is C11H12F3N3O3. The summed E-state index contributed by atoms with van der Waals surface area (Å²) in [5.41, 5.74) is -2.59. The van der Waals surface area contributed by atoms with Gasteiger partial charge >= 0.3 is 12.1 Å². The van der Waals surface area contributed by atoms with Crippen LogP contribution in [-0.4, -0.2) is 34.4 Å². The van der Waals surface area contributed by atoms with E-state index in [-0.39, 0.29) is 18.2 Å². The smallest absolute Gasteiger partial charge is 0.421 e. The van der Waals surface area contributed by atoms with Gasteiger partial charge in [0.1, 0.15) is 11.4 Å². The maximum absolute atomic E-state index is 12.6. The van der Waals surface area contributed by atoms with Gasteiger partial charge in [0.2, 0.25) is 0 Å². The molecule has 0 saturated carbocycles. The van der Waals surface area contributed by atoms with E-state index in [1.54, 1.807) is 4.90 Å². The summed E-state index contributed by atoms with van der Waals surface area (Å²) in [7, 11) is 0. The van der Waals surface area contributed by atoms with Crippen LogP contribution >= 0.6 is 0 Å². The van der Waals surface area contributed by atoms with Crippen molar-refractivity contribution >= 4 is 11.8 Å².